The number of benzene rings is 2. The molecule has 1 nitrogen and oxygen atoms in total. The number of aromatic nitrogens is 1. The van der Waals surface area contributed by atoms with Gasteiger partial charge in [0.1, 0.15) is 0 Å². The van der Waals surface area contributed by atoms with E-state index in [4.69, 9.17) is 16.6 Å². The van der Waals surface area contributed by atoms with Crippen molar-refractivity contribution >= 4 is 38.4 Å². The Hall–Kier alpha value is -1.38. The molecule has 2 aromatic carbocycles. The summed E-state index contributed by atoms with van der Waals surface area (Å²) in [5.74, 6) is 1.36. The van der Waals surface area contributed by atoms with E-state index in [-0.39, 0.29) is 0 Å². The largest absolute Gasteiger partial charge is 0.246 e. The van der Waals surface area contributed by atoms with Crippen molar-refractivity contribution in [2.24, 2.45) is 0 Å². The second-order valence-corrected chi connectivity index (χ2v) is 7.96. The molecule has 0 amide bonds. The lowest BCUT2D eigenvalue weighted by Gasteiger charge is -2.21. The van der Waals surface area contributed by atoms with E-state index in [1.54, 1.807) is 0 Å². The number of pyridine rings is 1. The van der Waals surface area contributed by atoms with Gasteiger partial charge >= 0.3 is 0 Å². The van der Waals surface area contributed by atoms with Crippen LogP contribution in [0.1, 0.15) is 42.2 Å². The van der Waals surface area contributed by atoms with Crippen LogP contribution in [0, 0.1) is 0 Å². The van der Waals surface area contributed by atoms with Gasteiger partial charge in [0, 0.05) is 15.4 Å². The van der Waals surface area contributed by atoms with Gasteiger partial charge < -0.3 is 0 Å². The molecule has 0 aliphatic heterocycles. The number of halogens is 2. The van der Waals surface area contributed by atoms with E-state index in [1.807, 2.05) is 6.07 Å². The highest BCUT2D eigenvalue weighted by Gasteiger charge is 2.40. The molecule has 0 saturated heterocycles. The Labute approximate surface area is 148 Å². The first-order valence-corrected chi connectivity index (χ1v) is 9.27. The van der Waals surface area contributed by atoms with Crippen molar-refractivity contribution < 1.29 is 0 Å². The van der Waals surface area contributed by atoms with Crippen LogP contribution in [-0.2, 0) is 0 Å². The molecule has 1 aromatic heterocycles. The third kappa shape index (κ3) is 2.01. The normalized spacial score (nSPS) is 21.8. The van der Waals surface area contributed by atoms with Crippen molar-refractivity contribution in [3.8, 4) is 11.3 Å². The Morgan fingerprint density at radius 2 is 1.70 bits per heavy atom. The zero-order valence-electron chi connectivity index (χ0n) is 12.5. The highest BCUT2D eigenvalue weighted by atomic mass is 79.9. The number of rotatable bonds is 1. The van der Waals surface area contributed by atoms with E-state index < -0.39 is 0 Å². The molecule has 114 valence electrons. The summed E-state index contributed by atoms with van der Waals surface area (Å²) >= 11 is 10.00. The number of nitrogens with zero attached hydrogens (tertiary/aromatic N) is 1. The molecule has 3 aromatic rings. The molecule has 0 radical (unpaired) electrons. The van der Waals surface area contributed by atoms with Crippen LogP contribution in [0.15, 0.2) is 46.9 Å². The third-order valence-corrected chi connectivity index (χ3v) is 6.25. The van der Waals surface area contributed by atoms with Gasteiger partial charge in [-0.1, -0.05) is 51.8 Å². The van der Waals surface area contributed by atoms with Gasteiger partial charge in [-0.15, -0.1) is 0 Å². The summed E-state index contributed by atoms with van der Waals surface area (Å²) in [6.45, 7) is 0. The summed E-state index contributed by atoms with van der Waals surface area (Å²) in [5.41, 5.74) is 6.29. The third-order valence-electron chi connectivity index (χ3n) is 5.41. The molecule has 5 rings (SSSR count). The van der Waals surface area contributed by atoms with Gasteiger partial charge in [-0.3, -0.25) is 0 Å². The molecule has 2 atom stereocenters. The zero-order chi connectivity index (χ0) is 15.6. The highest BCUT2D eigenvalue weighted by Crippen LogP contribution is 2.57. The molecular formula is C20H15BrClN. The first-order chi connectivity index (χ1) is 11.2. The van der Waals surface area contributed by atoms with Crippen LogP contribution in [0.5, 0.6) is 0 Å². The van der Waals surface area contributed by atoms with Gasteiger partial charge in [-0.2, -0.15) is 0 Å². The van der Waals surface area contributed by atoms with Crippen LogP contribution in [0.2, 0.25) is 5.02 Å². The van der Waals surface area contributed by atoms with Crippen LogP contribution >= 0.6 is 27.5 Å². The van der Waals surface area contributed by atoms with Crippen LogP contribution < -0.4 is 0 Å². The predicted molar refractivity (Wildman–Crippen MR) is 99.2 cm³/mol. The Balaban J connectivity index is 1.88. The van der Waals surface area contributed by atoms with Crippen LogP contribution in [0.25, 0.3) is 22.2 Å². The second kappa shape index (κ2) is 5.06. The molecule has 1 heterocycles. The van der Waals surface area contributed by atoms with Crippen molar-refractivity contribution in [3.05, 3.63) is 63.1 Å². The Bertz CT molecular complexity index is 933. The molecule has 0 spiro atoms. The Kier molecular flexibility index (Phi) is 3.08. The molecular weight excluding hydrogens is 370 g/mol. The standard InChI is InChI=1S/C20H15BrClN/c21-14-8-6-11(7-9-14)19-18-13-5-4-12(10-13)17(18)15-2-1-3-16(22)20(15)23-19/h1-3,6-9,12-13H,4-5,10H2/t12-,13+/m1/s1. The van der Waals surface area contributed by atoms with E-state index in [9.17, 15) is 0 Å². The Morgan fingerprint density at radius 3 is 2.48 bits per heavy atom. The van der Waals surface area contributed by atoms with Crippen LogP contribution in [0.3, 0.4) is 0 Å². The average molecular weight is 385 g/mol. The summed E-state index contributed by atoms with van der Waals surface area (Å²) in [7, 11) is 0. The summed E-state index contributed by atoms with van der Waals surface area (Å²) in [5, 5.41) is 2.02. The first kappa shape index (κ1) is 14.0. The van der Waals surface area contributed by atoms with Gasteiger partial charge in [0.2, 0.25) is 0 Å². The fourth-order valence-electron chi connectivity index (χ4n) is 4.48. The van der Waals surface area contributed by atoms with Gasteiger partial charge in [-0.25, -0.2) is 4.98 Å². The molecule has 23 heavy (non-hydrogen) atoms. The highest BCUT2D eigenvalue weighted by molar-refractivity contribution is 9.10. The smallest absolute Gasteiger partial charge is 0.0898 e. The molecule has 1 saturated carbocycles. The topological polar surface area (TPSA) is 12.9 Å². The molecule has 3 heteroatoms. The van der Waals surface area contributed by atoms with E-state index in [0.717, 1.165) is 20.7 Å². The zero-order valence-corrected chi connectivity index (χ0v) is 14.9. The quantitative estimate of drug-likeness (QED) is 0.456. The predicted octanol–water partition coefficient (Wildman–Crippen LogP) is 6.68. The van der Waals surface area contributed by atoms with E-state index in [1.165, 1.54) is 41.3 Å². The summed E-state index contributed by atoms with van der Waals surface area (Å²) in [4.78, 5) is 5.02. The van der Waals surface area contributed by atoms with Crippen molar-refractivity contribution in [1.82, 2.24) is 4.98 Å². The lowest BCUT2D eigenvalue weighted by molar-refractivity contribution is 0.720. The van der Waals surface area contributed by atoms with Gasteiger partial charge in [0.15, 0.2) is 0 Å². The maximum Gasteiger partial charge on any atom is 0.0898 e. The molecule has 1 fully saturated rings. The van der Waals surface area contributed by atoms with E-state index in [0.29, 0.717) is 11.8 Å². The summed E-state index contributed by atoms with van der Waals surface area (Å²) in [6.07, 6.45) is 3.89. The number of hydrogen-bond donors (Lipinski definition) is 0. The van der Waals surface area contributed by atoms with Gasteiger partial charge in [0.05, 0.1) is 16.2 Å². The minimum atomic E-state index is 0.671. The SMILES string of the molecule is Clc1cccc2c3c(c(-c4ccc(Br)cc4)nc12)[C@H]1CC[C@@H]3C1. The first-order valence-electron chi connectivity index (χ1n) is 8.10. The minimum Gasteiger partial charge on any atom is -0.246 e. The molecule has 2 aliphatic rings. The van der Waals surface area contributed by atoms with Crippen LogP contribution in [0.4, 0.5) is 0 Å². The van der Waals surface area contributed by atoms with E-state index >= 15 is 0 Å². The molecule has 2 bridgehead atoms. The van der Waals surface area contributed by atoms with Gasteiger partial charge in [0.25, 0.3) is 0 Å². The molecule has 0 unspecified atom stereocenters. The lowest BCUT2D eigenvalue weighted by atomic mass is 9.86. The maximum absolute atomic E-state index is 6.48. The monoisotopic (exact) mass is 383 g/mol. The van der Waals surface area contributed by atoms with Crippen molar-refractivity contribution in [2.75, 3.05) is 0 Å². The van der Waals surface area contributed by atoms with E-state index in [2.05, 4.69) is 52.3 Å². The average Bonchev–Trinajstić information content (AvgIpc) is 3.18. The Morgan fingerprint density at radius 1 is 0.957 bits per heavy atom. The van der Waals surface area contributed by atoms with Crippen molar-refractivity contribution in [3.63, 3.8) is 0 Å². The second-order valence-electron chi connectivity index (χ2n) is 6.64. The van der Waals surface area contributed by atoms with Crippen molar-refractivity contribution in [1.29, 1.82) is 0 Å². The lowest BCUT2D eigenvalue weighted by Crippen LogP contribution is -2.04. The van der Waals surface area contributed by atoms with Gasteiger partial charge in [-0.05, 0) is 60.4 Å². The minimum absolute atomic E-state index is 0.671. The molecule has 0 N–H and O–H groups in total. The van der Waals surface area contributed by atoms with Crippen molar-refractivity contribution in [2.45, 2.75) is 31.1 Å². The maximum atomic E-state index is 6.48. The number of para-hydroxylation sites is 1. The fraction of sp³-hybridized carbons (Fsp3) is 0.250. The fourth-order valence-corrected chi connectivity index (χ4v) is 4.96. The molecule has 2 aliphatic carbocycles. The summed E-state index contributed by atoms with van der Waals surface area (Å²) in [6, 6.07) is 14.7. The number of fused-ring (bicyclic) bond motifs is 7. The number of hydrogen-bond acceptors (Lipinski definition) is 1. The summed E-state index contributed by atoms with van der Waals surface area (Å²) < 4.78 is 1.10. The van der Waals surface area contributed by atoms with Crippen LogP contribution in [-0.4, -0.2) is 4.98 Å².